The summed E-state index contributed by atoms with van der Waals surface area (Å²) >= 11 is 18.8. The highest BCUT2D eigenvalue weighted by atomic mass is 35.5. The minimum Gasteiger partial charge on any atom is -0.417 e. The van der Waals surface area contributed by atoms with Crippen molar-refractivity contribution in [2.24, 2.45) is 11.7 Å². The Morgan fingerprint density at radius 2 is 1.73 bits per heavy atom. The fourth-order valence-corrected chi connectivity index (χ4v) is 5.53. The van der Waals surface area contributed by atoms with Gasteiger partial charge in [-0.3, -0.25) is 9.36 Å². The van der Waals surface area contributed by atoms with E-state index in [4.69, 9.17) is 40.5 Å². The smallest absolute Gasteiger partial charge is 0.417 e. The second kappa shape index (κ2) is 13.8. The lowest BCUT2D eigenvalue weighted by atomic mass is 9.96. The number of benzene rings is 2. The van der Waals surface area contributed by atoms with Crippen molar-refractivity contribution in [2.45, 2.75) is 46.0 Å². The average molecular weight is 687 g/mol. The van der Waals surface area contributed by atoms with Crippen molar-refractivity contribution >= 4 is 52.2 Å². The summed E-state index contributed by atoms with van der Waals surface area (Å²) in [4.78, 5) is 41.5. The van der Waals surface area contributed by atoms with E-state index in [1.165, 1.54) is 20.0 Å². The minimum absolute atomic E-state index is 0.0157. The summed E-state index contributed by atoms with van der Waals surface area (Å²) in [6.45, 7) is 5.57. The van der Waals surface area contributed by atoms with Crippen molar-refractivity contribution in [3.05, 3.63) is 96.6 Å². The first-order chi connectivity index (χ1) is 21.2. The Kier molecular flexibility index (Phi) is 10.5. The summed E-state index contributed by atoms with van der Waals surface area (Å²) in [5.41, 5.74) is 6.74. The van der Waals surface area contributed by atoms with Crippen molar-refractivity contribution in [2.75, 3.05) is 13.1 Å². The molecule has 2 heterocycles. The zero-order valence-corrected chi connectivity index (χ0v) is 26.6. The van der Waals surface area contributed by atoms with Crippen LogP contribution in [0.1, 0.15) is 53.6 Å². The highest BCUT2D eigenvalue weighted by Crippen LogP contribution is 2.39. The molecule has 4 rings (SSSR count). The van der Waals surface area contributed by atoms with E-state index in [1.807, 2.05) is 44.2 Å². The van der Waals surface area contributed by atoms with Crippen LogP contribution < -0.4 is 16.2 Å². The van der Waals surface area contributed by atoms with Crippen molar-refractivity contribution < 1.29 is 27.5 Å². The molecular formula is C30H29Cl3F3N5O4. The fraction of sp³-hybridized carbons (Fsp3) is 0.333. The number of amides is 1. The molecule has 2 aromatic heterocycles. The lowest BCUT2D eigenvalue weighted by Crippen LogP contribution is -2.42. The molecular weight excluding hydrogens is 658 g/mol. The van der Waals surface area contributed by atoms with Crippen LogP contribution in [0.4, 0.5) is 13.2 Å². The maximum Gasteiger partial charge on any atom is 0.491 e. The number of aryl methyl sites for hydroxylation is 1. The Morgan fingerprint density at radius 1 is 1.07 bits per heavy atom. The van der Waals surface area contributed by atoms with Crippen LogP contribution in [0.15, 0.2) is 53.3 Å². The molecule has 0 aliphatic carbocycles. The third-order valence-corrected chi connectivity index (χ3v) is 8.31. The molecule has 240 valence electrons. The number of aromatic nitrogens is 3. The maximum absolute atomic E-state index is 14.4. The molecule has 0 saturated carbocycles. The predicted molar refractivity (Wildman–Crippen MR) is 165 cm³/mol. The van der Waals surface area contributed by atoms with E-state index in [2.05, 4.69) is 9.84 Å². The van der Waals surface area contributed by atoms with Crippen LogP contribution in [0.3, 0.4) is 0 Å². The van der Waals surface area contributed by atoms with Crippen LogP contribution in [0.2, 0.25) is 15.1 Å². The number of rotatable bonds is 10. The first-order valence-electron chi connectivity index (χ1n) is 13.8. The number of hydrogen-bond donors (Lipinski definition) is 1. The number of fused-ring (bicyclic) bond motifs is 1. The second-order valence-corrected chi connectivity index (χ2v) is 11.7. The van der Waals surface area contributed by atoms with Crippen LogP contribution >= 0.6 is 34.8 Å². The van der Waals surface area contributed by atoms with Gasteiger partial charge in [-0.1, -0.05) is 79.0 Å². The molecule has 0 spiro atoms. The zero-order valence-electron chi connectivity index (χ0n) is 24.4. The van der Waals surface area contributed by atoms with Gasteiger partial charge in [-0.2, -0.15) is 22.8 Å². The summed E-state index contributed by atoms with van der Waals surface area (Å²) < 4.78 is 46.8. The number of halogens is 6. The highest BCUT2D eigenvalue weighted by molar-refractivity contribution is 6.43. The normalized spacial score (nSPS) is 12.5. The molecule has 0 radical (unpaired) electrons. The molecule has 0 aliphatic rings. The van der Waals surface area contributed by atoms with Crippen molar-refractivity contribution in [3.8, 4) is 5.75 Å². The van der Waals surface area contributed by atoms with Gasteiger partial charge in [-0.15, -0.1) is 0 Å². The number of ether oxygens (including phenoxy) is 1. The number of carbonyl (C=O) groups is 2. The predicted octanol–water partition coefficient (Wildman–Crippen LogP) is 6.47. The van der Waals surface area contributed by atoms with Crippen LogP contribution in [-0.2, 0) is 11.3 Å². The van der Waals surface area contributed by atoms with Gasteiger partial charge >= 0.3 is 17.8 Å². The molecule has 0 saturated heterocycles. The molecule has 9 nitrogen and oxygen atoms in total. The Bertz CT molecular complexity index is 1790. The van der Waals surface area contributed by atoms with Gasteiger partial charge in [0.1, 0.15) is 5.02 Å². The van der Waals surface area contributed by atoms with Crippen molar-refractivity contribution in [1.82, 2.24) is 19.1 Å². The van der Waals surface area contributed by atoms with Gasteiger partial charge in [-0.25, -0.2) is 9.59 Å². The molecule has 15 heteroatoms. The Labute approximate surface area is 271 Å². The standard InChI is InChI=1S/C30H29Cl3F3N5O4/c1-16(2)25(22-14-21-23(32)17(3)38-41(21)29(44)40(22)15-18-8-5-4-6-9-18)39(13-7-12-37)27(42)19-10-11-20(31)24(33)26(19)45-28(43)30(34,35)36/h4-6,8-11,14,16,25H,7,12-13,15,37H2,1-3H3. The highest BCUT2D eigenvalue weighted by Gasteiger charge is 2.43. The summed E-state index contributed by atoms with van der Waals surface area (Å²) in [7, 11) is 0. The van der Waals surface area contributed by atoms with Crippen molar-refractivity contribution in [3.63, 3.8) is 0 Å². The van der Waals surface area contributed by atoms with E-state index in [1.54, 1.807) is 13.0 Å². The van der Waals surface area contributed by atoms with E-state index in [0.29, 0.717) is 16.9 Å². The SMILES string of the molecule is Cc1nn2c(=O)n(Cc3ccccc3)c(C(C(C)C)N(CCCN)C(=O)c3ccc(Cl)c(Cl)c3OC(=O)C(F)(F)F)cc2c1Cl. The Morgan fingerprint density at radius 3 is 2.33 bits per heavy atom. The summed E-state index contributed by atoms with van der Waals surface area (Å²) in [6.07, 6.45) is -5.09. The van der Waals surface area contributed by atoms with Gasteiger partial charge in [-0.05, 0) is 49.6 Å². The molecule has 0 bridgehead atoms. The van der Waals surface area contributed by atoms with Crippen LogP contribution in [0.5, 0.6) is 5.75 Å². The van der Waals surface area contributed by atoms with Gasteiger partial charge in [0, 0.05) is 12.2 Å². The molecule has 0 aliphatic heterocycles. The Hall–Kier alpha value is -3.58. The van der Waals surface area contributed by atoms with E-state index in [-0.39, 0.29) is 42.0 Å². The zero-order chi connectivity index (χ0) is 33.2. The fourth-order valence-electron chi connectivity index (χ4n) is 5.00. The van der Waals surface area contributed by atoms with E-state index in [9.17, 15) is 27.6 Å². The van der Waals surface area contributed by atoms with E-state index < -0.39 is 46.1 Å². The molecule has 1 unspecified atom stereocenters. The lowest BCUT2D eigenvalue weighted by molar-refractivity contribution is -0.189. The van der Waals surface area contributed by atoms with Crippen LogP contribution in [0.25, 0.3) is 5.52 Å². The van der Waals surface area contributed by atoms with Gasteiger partial charge < -0.3 is 15.4 Å². The molecule has 1 atom stereocenters. The first-order valence-corrected chi connectivity index (χ1v) is 14.9. The first kappa shape index (κ1) is 34.3. The van der Waals surface area contributed by atoms with Gasteiger partial charge in [0.2, 0.25) is 0 Å². The monoisotopic (exact) mass is 685 g/mol. The van der Waals surface area contributed by atoms with Crippen LogP contribution in [-0.4, -0.2) is 50.2 Å². The molecule has 45 heavy (non-hydrogen) atoms. The number of alkyl halides is 3. The molecule has 4 aromatic rings. The summed E-state index contributed by atoms with van der Waals surface area (Å²) in [5, 5.41) is 3.76. The molecule has 2 N–H and O–H groups in total. The minimum atomic E-state index is -5.38. The van der Waals surface area contributed by atoms with Crippen molar-refractivity contribution in [1.29, 1.82) is 0 Å². The summed E-state index contributed by atoms with van der Waals surface area (Å²) in [6, 6.07) is 12.3. The molecule has 1 amide bonds. The van der Waals surface area contributed by atoms with E-state index >= 15 is 0 Å². The summed E-state index contributed by atoms with van der Waals surface area (Å²) in [5.74, 6) is -4.63. The number of carbonyl (C=O) groups excluding carboxylic acids is 2. The third-order valence-electron chi connectivity index (χ3n) is 7.05. The average Bonchev–Trinajstić information content (AvgIpc) is 3.27. The van der Waals surface area contributed by atoms with Gasteiger partial charge in [0.25, 0.3) is 5.91 Å². The van der Waals surface area contributed by atoms with E-state index in [0.717, 1.165) is 11.6 Å². The largest absolute Gasteiger partial charge is 0.491 e. The maximum atomic E-state index is 14.4. The van der Waals surface area contributed by atoms with Gasteiger partial charge in [0.15, 0.2) is 5.75 Å². The molecule has 0 fully saturated rings. The Balaban J connectivity index is 1.96. The second-order valence-electron chi connectivity index (χ2n) is 10.6. The quantitative estimate of drug-likeness (QED) is 0.151. The number of hydrogen-bond acceptors (Lipinski definition) is 6. The third kappa shape index (κ3) is 7.14. The number of nitrogens with two attached hydrogens (primary N) is 1. The number of nitrogens with zero attached hydrogens (tertiary/aromatic N) is 4. The molecule has 2 aromatic carbocycles. The lowest BCUT2D eigenvalue weighted by Gasteiger charge is -2.36. The van der Waals surface area contributed by atoms with Gasteiger partial charge in [0.05, 0.1) is 39.4 Å². The number of esters is 1. The topological polar surface area (TPSA) is 112 Å². The van der Waals surface area contributed by atoms with Crippen LogP contribution in [0, 0.1) is 12.8 Å².